The molecule has 1 aromatic heterocycles. The minimum Gasteiger partial charge on any atom is -0.491 e. The van der Waals surface area contributed by atoms with Crippen LogP contribution in [0.1, 0.15) is 65.7 Å². The molecule has 1 heterocycles. The SMILES string of the molecule is CCCCOc1cnccc1-c1ccccc1OC(=O)CCCCC(C)CC. The summed E-state index contributed by atoms with van der Waals surface area (Å²) in [6, 6.07) is 9.51. The van der Waals surface area contributed by atoms with Crippen LogP contribution < -0.4 is 9.47 Å². The van der Waals surface area contributed by atoms with Crippen molar-refractivity contribution in [2.75, 3.05) is 6.61 Å². The van der Waals surface area contributed by atoms with Gasteiger partial charge >= 0.3 is 5.97 Å². The molecule has 1 aromatic carbocycles. The fraction of sp³-hybridized carbons (Fsp3) is 0.500. The van der Waals surface area contributed by atoms with E-state index in [4.69, 9.17) is 9.47 Å². The van der Waals surface area contributed by atoms with Crippen LogP contribution >= 0.6 is 0 Å². The second-order valence-corrected chi connectivity index (χ2v) is 7.30. The van der Waals surface area contributed by atoms with Crippen molar-refractivity contribution in [3.8, 4) is 22.6 Å². The maximum Gasteiger partial charge on any atom is 0.311 e. The maximum atomic E-state index is 12.3. The molecule has 1 atom stereocenters. The first-order valence-corrected chi connectivity index (χ1v) is 10.5. The van der Waals surface area contributed by atoms with Crippen molar-refractivity contribution in [3.05, 3.63) is 42.7 Å². The molecular weight excluding hydrogens is 350 g/mol. The van der Waals surface area contributed by atoms with Gasteiger partial charge in [-0.25, -0.2) is 0 Å². The summed E-state index contributed by atoms with van der Waals surface area (Å²) in [5.74, 6) is 1.82. The monoisotopic (exact) mass is 383 g/mol. The van der Waals surface area contributed by atoms with Crippen LogP contribution in [0, 0.1) is 5.92 Å². The van der Waals surface area contributed by atoms with Gasteiger partial charge in [-0.15, -0.1) is 0 Å². The lowest BCUT2D eigenvalue weighted by atomic mass is 10.0. The van der Waals surface area contributed by atoms with Crippen molar-refractivity contribution in [2.24, 2.45) is 5.92 Å². The van der Waals surface area contributed by atoms with Gasteiger partial charge in [0.25, 0.3) is 0 Å². The maximum absolute atomic E-state index is 12.3. The van der Waals surface area contributed by atoms with Crippen LogP contribution in [0.4, 0.5) is 0 Å². The molecule has 0 radical (unpaired) electrons. The van der Waals surface area contributed by atoms with Gasteiger partial charge in [0.05, 0.1) is 12.8 Å². The molecule has 4 nitrogen and oxygen atoms in total. The van der Waals surface area contributed by atoms with Gasteiger partial charge in [0.1, 0.15) is 11.5 Å². The Hall–Kier alpha value is -2.36. The third-order valence-corrected chi connectivity index (χ3v) is 4.97. The first kappa shape index (κ1) is 21.9. The largest absolute Gasteiger partial charge is 0.491 e. The van der Waals surface area contributed by atoms with Crippen LogP contribution in [-0.2, 0) is 4.79 Å². The van der Waals surface area contributed by atoms with E-state index in [2.05, 4.69) is 25.8 Å². The Labute approximate surface area is 169 Å². The van der Waals surface area contributed by atoms with Crippen LogP contribution in [0.15, 0.2) is 42.7 Å². The zero-order valence-corrected chi connectivity index (χ0v) is 17.4. The third kappa shape index (κ3) is 6.99. The van der Waals surface area contributed by atoms with E-state index in [9.17, 15) is 4.79 Å². The molecule has 0 aliphatic heterocycles. The summed E-state index contributed by atoms with van der Waals surface area (Å²) < 4.78 is 11.6. The molecule has 0 N–H and O–H groups in total. The molecule has 0 amide bonds. The number of ether oxygens (including phenoxy) is 2. The molecule has 1 unspecified atom stereocenters. The summed E-state index contributed by atoms with van der Waals surface area (Å²) in [6.45, 7) is 7.23. The van der Waals surface area contributed by atoms with Crippen LogP contribution in [-0.4, -0.2) is 17.6 Å². The highest BCUT2D eigenvalue weighted by Gasteiger charge is 2.14. The molecule has 4 heteroatoms. The molecule has 2 rings (SSSR count). The van der Waals surface area contributed by atoms with E-state index in [0.29, 0.717) is 24.5 Å². The van der Waals surface area contributed by atoms with Crippen LogP contribution in [0.2, 0.25) is 0 Å². The van der Waals surface area contributed by atoms with E-state index >= 15 is 0 Å². The average Bonchev–Trinajstić information content (AvgIpc) is 2.72. The van der Waals surface area contributed by atoms with E-state index in [0.717, 1.165) is 49.1 Å². The van der Waals surface area contributed by atoms with Gasteiger partial charge in [-0.2, -0.15) is 0 Å². The summed E-state index contributed by atoms with van der Waals surface area (Å²) in [4.78, 5) is 16.5. The molecule has 0 spiro atoms. The molecule has 0 aliphatic carbocycles. The summed E-state index contributed by atoms with van der Waals surface area (Å²) in [5, 5.41) is 0. The zero-order chi connectivity index (χ0) is 20.2. The topological polar surface area (TPSA) is 48.4 Å². The molecule has 0 saturated heterocycles. The molecule has 28 heavy (non-hydrogen) atoms. The van der Waals surface area contributed by atoms with Crippen molar-refractivity contribution < 1.29 is 14.3 Å². The number of carbonyl (C=O) groups is 1. The number of unbranched alkanes of at least 4 members (excludes halogenated alkanes) is 2. The van der Waals surface area contributed by atoms with Crippen molar-refractivity contribution in [1.82, 2.24) is 4.98 Å². The van der Waals surface area contributed by atoms with Gasteiger partial charge in [0.15, 0.2) is 0 Å². The molecule has 0 bridgehead atoms. The molecular formula is C24H33NO3. The lowest BCUT2D eigenvalue weighted by Crippen LogP contribution is -2.09. The number of hydrogen-bond donors (Lipinski definition) is 0. The van der Waals surface area contributed by atoms with Crippen LogP contribution in [0.25, 0.3) is 11.1 Å². The Morgan fingerprint density at radius 1 is 1.04 bits per heavy atom. The fourth-order valence-corrected chi connectivity index (χ4v) is 2.96. The average molecular weight is 384 g/mol. The summed E-state index contributed by atoms with van der Waals surface area (Å²) in [7, 11) is 0. The van der Waals surface area contributed by atoms with Gasteiger partial charge in [0.2, 0.25) is 0 Å². The highest BCUT2D eigenvalue weighted by molar-refractivity contribution is 5.80. The summed E-state index contributed by atoms with van der Waals surface area (Å²) in [6.07, 6.45) is 10.2. The second-order valence-electron chi connectivity index (χ2n) is 7.30. The van der Waals surface area contributed by atoms with Crippen LogP contribution in [0.5, 0.6) is 11.5 Å². The number of aromatic nitrogens is 1. The number of nitrogens with zero attached hydrogens (tertiary/aromatic N) is 1. The predicted octanol–water partition coefficient (Wildman–Crippen LogP) is 6.44. The summed E-state index contributed by atoms with van der Waals surface area (Å²) in [5.41, 5.74) is 1.75. The minimum atomic E-state index is -0.181. The third-order valence-electron chi connectivity index (χ3n) is 4.97. The zero-order valence-electron chi connectivity index (χ0n) is 17.4. The Balaban J connectivity index is 2.04. The number of pyridine rings is 1. The van der Waals surface area contributed by atoms with Gasteiger partial charge in [-0.3, -0.25) is 9.78 Å². The highest BCUT2D eigenvalue weighted by atomic mass is 16.5. The Bertz CT molecular complexity index is 729. The number of hydrogen-bond acceptors (Lipinski definition) is 4. The van der Waals surface area contributed by atoms with E-state index in [1.165, 1.54) is 6.42 Å². The minimum absolute atomic E-state index is 0.181. The Morgan fingerprint density at radius 2 is 1.82 bits per heavy atom. The number of esters is 1. The van der Waals surface area contributed by atoms with E-state index < -0.39 is 0 Å². The molecule has 0 saturated carbocycles. The highest BCUT2D eigenvalue weighted by Crippen LogP contribution is 2.36. The van der Waals surface area contributed by atoms with Crippen molar-refractivity contribution in [3.63, 3.8) is 0 Å². The first-order valence-electron chi connectivity index (χ1n) is 10.5. The van der Waals surface area contributed by atoms with Crippen molar-refractivity contribution >= 4 is 5.97 Å². The molecule has 0 fully saturated rings. The van der Waals surface area contributed by atoms with E-state index in [-0.39, 0.29) is 5.97 Å². The van der Waals surface area contributed by atoms with E-state index in [1.54, 1.807) is 12.4 Å². The number of benzene rings is 1. The van der Waals surface area contributed by atoms with Crippen molar-refractivity contribution in [1.29, 1.82) is 0 Å². The predicted molar refractivity (Wildman–Crippen MR) is 114 cm³/mol. The fourth-order valence-electron chi connectivity index (χ4n) is 2.96. The lowest BCUT2D eigenvalue weighted by Gasteiger charge is -2.14. The molecule has 2 aromatic rings. The van der Waals surface area contributed by atoms with Gasteiger partial charge in [0, 0.05) is 23.7 Å². The first-order chi connectivity index (χ1) is 13.7. The van der Waals surface area contributed by atoms with Gasteiger partial charge in [-0.05, 0) is 30.9 Å². The number of rotatable bonds is 12. The second kappa shape index (κ2) is 12.2. The van der Waals surface area contributed by atoms with Crippen molar-refractivity contribution in [2.45, 2.75) is 65.7 Å². The van der Waals surface area contributed by atoms with Gasteiger partial charge in [-0.1, -0.05) is 64.7 Å². The normalized spacial score (nSPS) is 11.8. The van der Waals surface area contributed by atoms with Gasteiger partial charge < -0.3 is 9.47 Å². The standard InChI is InChI=1S/C24H33NO3/c1-4-6-17-27-23-18-25-16-15-21(23)20-12-8-9-13-22(20)28-24(26)14-10-7-11-19(3)5-2/h8-9,12-13,15-16,18-19H,4-7,10-11,14,17H2,1-3H3. The number of carbonyl (C=O) groups excluding carboxylic acids is 1. The summed E-state index contributed by atoms with van der Waals surface area (Å²) >= 11 is 0. The van der Waals surface area contributed by atoms with Crippen LogP contribution in [0.3, 0.4) is 0 Å². The van der Waals surface area contributed by atoms with E-state index in [1.807, 2.05) is 30.3 Å². The molecule has 0 aliphatic rings. The number of para-hydroxylation sites is 1. The lowest BCUT2D eigenvalue weighted by molar-refractivity contribution is -0.134. The Kier molecular flexibility index (Phi) is 9.53. The quantitative estimate of drug-likeness (QED) is 0.240. The smallest absolute Gasteiger partial charge is 0.311 e. The Morgan fingerprint density at radius 3 is 2.61 bits per heavy atom. The molecule has 152 valence electrons.